The van der Waals surface area contributed by atoms with Gasteiger partial charge in [0.1, 0.15) is 5.03 Å². The minimum Gasteiger partial charge on any atom is -0.307 e. The zero-order valence-electron chi connectivity index (χ0n) is 9.04. The number of hydrogen-bond donors (Lipinski definition) is 3. The molecule has 0 fully saturated rings. The molecule has 0 saturated heterocycles. The van der Waals surface area contributed by atoms with Crippen molar-refractivity contribution in [3.05, 3.63) is 22.9 Å². The van der Waals surface area contributed by atoms with Gasteiger partial charge in [-0.2, -0.15) is 0 Å². The van der Waals surface area contributed by atoms with Crippen LogP contribution in [-0.4, -0.2) is 24.7 Å². The summed E-state index contributed by atoms with van der Waals surface area (Å²) in [7, 11) is 0. The van der Waals surface area contributed by atoms with Gasteiger partial charge in [0, 0.05) is 6.54 Å². The topological polar surface area (TPSA) is 115 Å². The van der Waals surface area contributed by atoms with E-state index in [1.807, 2.05) is 6.92 Å². The first-order valence-corrected chi connectivity index (χ1v) is 5.68. The third kappa shape index (κ3) is 2.45. The highest BCUT2D eigenvalue weighted by Crippen LogP contribution is 2.22. The van der Waals surface area contributed by atoms with E-state index in [4.69, 9.17) is 5.84 Å². The van der Waals surface area contributed by atoms with E-state index in [0.717, 1.165) is 0 Å². The molecule has 0 aliphatic rings. The van der Waals surface area contributed by atoms with E-state index in [1.54, 1.807) is 6.20 Å². The van der Waals surface area contributed by atoms with Gasteiger partial charge in [-0.3, -0.25) is 9.55 Å². The molecule has 9 heteroatoms. The summed E-state index contributed by atoms with van der Waals surface area (Å²) in [5, 5.41) is 7.44. The van der Waals surface area contributed by atoms with E-state index >= 15 is 0 Å². The monoisotopic (exact) mass is 253 g/mol. The second-order valence-electron chi connectivity index (χ2n) is 3.04. The van der Waals surface area contributed by atoms with Crippen molar-refractivity contribution in [2.24, 2.45) is 5.84 Å². The van der Waals surface area contributed by atoms with E-state index in [2.05, 4.69) is 25.6 Å². The second kappa shape index (κ2) is 4.97. The highest BCUT2D eigenvalue weighted by molar-refractivity contribution is 7.99. The van der Waals surface area contributed by atoms with Gasteiger partial charge in [-0.15, -0.1) is 5.10 Å². The number of nitrogen functional groups attached to an aromatic ring is 1. The number of anilines is 1. The minimum absolute atomic E-state index is 0.240. The third-order valence-electron chi connectivity index (χ3n) is 2.00. The van der Waals surface area contributed by atoms with Crippen molar-refractivity contribution < 1.29 is 0 Å². The molecule has 2 heterocycles. The Morgan fingerprint density at radius 2 is 2.41 bits per heavy atom. The van der Waals surface area contributed by atoms with Crippen molar-refractivity contribution in [1.82, 2.24) is 24.7 Å². The molecule has 2 aromatic rings. The average molecular weight is 253 g/mol. The molecule has 0 radical (unpaired) electrons. The summed E-state index contributed by atoms with van der Waals surface area (Å²) in [6.45, 7) is 2.41. The lowest BCUT2D eigenvalue weighted by Gasteiger charge is -2.02. The van der Waals surface area contributed by atoms with Gasteiger partial charge in [0.2, 0.25) is 0 Å². The fraction of sp³-hybridized carbons (Fsp3) is 0.250. The number of hydrogen-bond acceptors (Lipinski definition) is 7. The molecule has 4 N–H and O–H groups in total. The summed E-state index contributed by atoms with van der Waals surface area (Å²) in [6.07, 6.45) is 3.08. The Labute approximate surface area is 101 Å². The summed E-state index contributed by atoms with van der Waals surface area (Å²) < 4.78 is 1.51. The van der Waals surface area contributed by atoms with Crippen molar-refractivity contribution in [3.8, 4) is 0 Å². The zero-order valence-corrected chi connectivity index (χ0v) is 9.86. The third-order valence-corrected chi connectivity index (χ3v) is 2.90. The van der Waals surface area contributed by atoms with Crippen LogP contribution in [0.25, 0.3) is 0 Å². The number of nitrogens with one attached hydrogen (secondary N) is 2. The quantitative estimate of drug-likeness (QED) is 0.511. The predicted octanol–water partition coefficient (Wildman–Crippen LogP) is -0.182. The maximum absolute atomic E-state index is 11.3. The first kappa shape index (κ1) is 11.6. The molecule has 2 aromatic heterocycles. The summed E-state index contributed by atoms with van der Waals surface area (Å²) in [5.74, 6) is 5.69. The summed E-state index contributed by atoms with van der Waals surface area (Å²) in [4.78, 5) is 19.5. The number of rotatable bonds is 4. The highest BCUT2D eigenvalue weighted by atomic mass is 32.2. The molecule has 90 valence electrons. The van der Waals surface area contributed by atoms with Crippen molar-refractivity contribution in [3.63, 3.8) is 0 Å². The molecular weight excluding hydrogens is 242 g/mol. The number of aromatic nitrogens is 5. The van der Waals surface area contributed by atoms with Crippen LogP contribution in [0.1, 0.15) is 6.92 Å². The molecular formula is C8H11N7OS. The molecule has 0 aliphatic carbocycles. The maximum atomic E-state index is 11.3. The second-order valence-corrected chi connectivity index (χ2v) is 4.03. The van der Waals surface area contributed by atoms with Gasteiger partial charge in [-0.05, 0) is 18.7 Å². The van der Waals surface area contributed by atoms with Gasteiger partial charge < -0.3 is 5.43 Å². The first-order valence-electron chi connectivity index (χ1n) is 4.86. The van der Waals surface area contributed by atoms with Crippen LogP contribution in [0.4, 0.5) is 5.82 Å². The molecule has 8 nitrogen and oxygen atoms in total. The Bertz CT molecular complexity index is 563. The number of nitrogens with two attached hydrogens (primary N) is 1. The van der Waals surface area contributed by atoms with Crippen LogP contribution < -0.4 is 17.0 Å². The lowest BCUT2D eigenvalue weighted by Crippen LogP contribution is -2.16. The average Bonchev–Trinajstić information content (AvgIpc) is 2.70. The molecule has 0 spiro atoms. The Hall–Kier alpha value is -1.87. The van der Waals surface area contributed by atoms with Crippen LogP contribution in [-0.2, 0) is 6.54 Å². The molecule has 0 aromatic carbocycles. The summed E-state index contributed by atoms with van der Waals surface area (Å²) in [6, 6.07) is 0. The van der Waals surface area contributed by atoms with Crippen molar-refractivity contribution in [2.45, 2.75) is 23.7 Å². The van der Waals surface area contributed by atoms with Gasteiger partial charge in [-0.25, -0.2) is 20.7 Å². The number of hydrazine groups is 1. The van der Waals surface area contributed by atoms with Gasteiger partial charge in [0.15, 0.2) is 11.0 Å². The molecule has 2 rings (SSSR count). The van der Waals surface area contributed by atoms with E-state index in [-0.39, 0.29) is 5.69 Å². The molecule has 17 heavy (non-hydrogen) atoms. The predicted molar refractivity (Wildman–Crippen MR) is 62.5 cm³/mol. The highest BCUT2D eigenvalue weighted by Gasteiger charge is 2.09. The molecule has 0 aliphatic heterocycles. The van der Waals surface area contributed by atoms with E-state index < -0.39 is 0 Å². The fourth-order valence-electron chi connectivity index (χ4n) is 1.22. The summed E-state index contributed by atoms with van der Waals surface area (Å²) in [5.41, 5.74) is 2.16. The standard InChI is InChI=1S/C8H11N7OS/c1-2-15-7(16)13-14-8(15)17-6-4-10-3-5(11-6)12-9/h3-4H,2,9H2,1H3,(H,11,12)(H,13,16). The smallest absolute Gasteiger partial charge is 0.307 e. The molecule has 0 saturated carbocycles. The van der Waals surface area contributed by atoms with Gasteiger partial charge >= 0.3 is 5.69 Å². The van der Waals surface area contributed by atoms with Crippen LogP contribution in [0, 0.1) is 0 Å². The lowest BCUT2D eigenvalue weighted by atomic mass is 10.7. The van der Waals surface area contributed by atoms with Crippen molar-refractivity contribution in [1.29, 1.82) is 0 Å². The van der Waals surface area contributed by atoms with Crippen molar-refractivity contribution >= 4 is 17.6 Å². The van der Waals surface area contributed by atoms with Gasteiger partial charge in [0.25, 0.3) is 0 Å². The maximum Gasteiger partial charge on any atom is 0.343 e. The van der Waals surface area contributed by atoms with Gasteiger partial charge in [-0.1, -0.05) is 0 Å². The Morgan fingerprint density at radius 1 is 1.59 bits per heavy atom. The fourth-order valence-corrected chi connectivity index (χ4v) is 2.08. The largest absolute Gasteiger partial charge is 0.343 e. The van der Waals surface area contributed by atoms with Crippen LogP contribution >= 0.6 is 11.8 Å². The molecule has 0 amide bonds. The SMILES string of the molecule is CCn1c(Sc2cncc(NN)n2)n[nH]c1=O. The van der Waals surface area contributed by atoms with Gasteiger partial charge in [0.05, 0.1) is 12.4 Å². The number of nitrogens with zero attached hydrogens (tertiary/aromatic N) is 4. The first-order chi connectivity index (χ1) is 8.24. The van der Waals surface area contributed by atoms with Crippen molar-refractivity contribution in [2.75, 3.05) is 5.43 Å². The Kier molecular flexibility index (Phi) is 3.40. The number of aromatic amines is 1. The Morgan fingerprint density at radius 3 is 3.12 bits per heavy atom. The molecule has 0 unspecified atom stereocenters. The van der Waals surface area contributed by atoms with E-state index in [0.29, 0.717) is 22.5 Å². The van der Waals surface area contributed by atoms with Crippen LogP contribution in [0.3, 0.4) is 0 Å². The number of H-pyrrole nitrogens is 1. The summed E-state index contributed by atoms with van der Waals surface area (Å²) >= 11 is 1.24. The van der Waals surface area contributed by atoms with Crippen LogP contribution in [0.15, 0.2) is 27.4 Å². The Balaban J connectivity index is 2.28. The lowest BCUT2D eigenvalue weighted by molar-refractivity contribution is 0.660. The van der Waals surface area contributed by atoms with Crippen LogP contribution in [0.2, 0.25) is 0 Å². The van der Waals surface area contributed by atoms with E-state index in [1.165, 1.54) is 22.5 Å². The minimum atomic E-state index is -0.240. The molecule has 0 atom stereocenters. The molecule has 0 bridgehead atoms. The van der Waals surface area contributed by atoms with E-state index in [9.17, 15) is 4.79 Å². The zero-order chi connectivity index (χ0) is 12.3. The van der Waals surface area contributed by atoms with Crippen LogP contribution in [0.5, 0.6) is 0 Å². The normalized spacial score (nSPS) is 10.5.